The molecule has 0 aliphatic rings. The van der Waals surface area contributed by atoms with E-state index in [0.717, 1.165) is 0 Å². The van der Waals surface area contributed by atoms with Crippen LogP contribution in [0.2, 0.25) is 0 Å². The van der Waals surface area contributed by atoms with Gasteiger partial charge in [-0.05, 0) is 18.2 Å². The second-order valence-electron chi connectivity index (χ2n) is 4.02. The van der Waals surface area contributed by atoms with Crippen molar-refractivity contribution in [2.75, 3.05) is 20.8 Å². The smallest absolute Gasteiger partial charge is 0.308 e. The number of hydrogen-bond acceptors (Lipinski definition) is 4. The molecule has 0 saturated heterocycles. The van der Waals surface area contributed by atoms with Gasteiger partial charge in [-0.3, -0.25) is 9.59 Å². The predicted octanol–water partition coefficient (Wildman–Crippen LogP) is 1.15. The Hall–Kier alpha value is -2.24. The van der Waals surface area contributed by atoms with Crippen LogP contribution >= 0.6 is 0 Å². The van der Waals surface area contributed by atoms with E-state index in [1.165, 1.54) is 21.1 Å². The fraction of sp³-hybridized carbons (Fsp3) is 0.385. The Morgan fingerprint density at radius 1 is 1.32 bits per heavy atom. The van der Waals surface area contributed by atoms with Crippen molar-refractivity contribution in [1.82, 2.24) is 5.32 Å². The lowest BCUT2D eigenvalue weighted by atomic mass is 10.1. The molecule has 6 nitrogen and oxygen atoms in total. The Morgan fingerprint density at radius 2 is 2.00 bits per heavy atom. The maximum absolute atomic E-state index is 12.0. The lowest BCUT2D eigenvalue weighted by molar-refractivity contribution is -0.140. The SMILES string of the molecule is COc1ccc(OC)c(C(=O)NCC(C)C(=O)O)c1. The Morgan fingerprint density at radius 3 is 2.53 bits per heavy atom. The summed E-state index contributed by atoms with van der Waals surface area (Å²) in [5.41, 5.74) is 0.305. The van der Waals surface area contributed by atoms with Gasteiger partial charge in [-0.1, -0.05) is 6.92 Å². The third-order valence-corrected chi connectivity index (χ3v) is 2.64. The van der Waals surface area contributed by atoms with E-state index >= 15 is 0 Å². The number of carboxylic acid groups (broad SMARTS) is 1. The molecule has 1 rings (SSSR count). The predicted molar refractivity (Wildman–Crippen MR) is 68.7 cm³/mol. The topological polar surface area (TPSA) is 84.9 Å². The number of methoxy groups -OCH3 is 2. The molecular formula is C13H17NO5. The average molecular weight is 267 g/mol. The van der Waals surface area contributed by atoms with Crippen LogP contribution in [0.1, 0.15) is 17.3 Å². The van der Waals surface area contributed by atoms with Crippen LogP contribution in [0.5, 0.6) is 11.5 Å². The maximum atomic E-state index is 12.0. The van der Waals surface area contributed by atoms with Crippen molar-refractivity contribution in [2.24, 2.45) is 5.92 Å². The van der Waals surface area contributed by atoms with Gasteiger partial charge in [-0.15, -0.1) is 0 Å². The number of amides is 1. The first kappa shape index (κ1) is 14.8. The van der Waals surface area contributed by atoms with E-state index in [-0.39, 0.29) is 6.54 Å². The summed E-state index contributed by atoms with van der Waals surface area (Å²) in [6.45, 7) is 1.57. The highest BCUT2D eigenvalue weighted by molar-refractivity contribution is 5.97. The molecule has 0 aliphatic heterocycles. The van der Waals surface area contributed by atoms with Crippen LogP contribution in [0.15, 0.2) is 18.2 Å². The van der Waals surface area contributed by atoms with E-state index in [2.05, 4.69) is 5.32 Å². The van der Waals surface area contributed by atoms with E-state index in [1.54, 1.807) is 18.2 Å². The summed E-state index contributed by atoms with van der Waals surface area (Å²) >= 11 is 0. The summed E-state index contributed by atoms with van der Waals surface area (Å²) in [7, 11) is 2.95. The van der Waals surface area contributed by atoms with Crippen LogP contribution in [0.25, 0.3) is 0 Å². The number of carboxylic acids is 1. The molecule has 1 atom stereocenters. The van der Waals surface area contributed by atoms with Gasteiger partial charge in [0.05, 0.1) is 25.7 Å². The highest BCUT2D eigenvalue weighted by Crippen LogP contribution is 2.23. The molecule has 0 heterocycles. The van der Waals surface area contributed by atoms with Gasteiger partial charge in [0, 0.05) is 6.54 Å². The van der Waals surface area contributed by atoms with Crippen LogP contribution in [0.4, 0.5) is 0 Å². The number of hydrogen-bond donors (Lipinski definition) is 2. The molecule has 0 spiro atoms. The van der Waals surface area contributed by atoms with Gasteiger partial charge in [-0.2, -0.15) is 0 Å². The maximum Gasteiger partial charge on any atom is 0.308 e. The number of ether oxygens (including phenoxy) is 2. The molecule has 104 valence electrons. The number of aliphatic carboxylic acids is 1. The third-order valence-electron chi connectivity index (χ3n) is 2.64. The third kappa shape index (κ3) is 3.87. The van der Waals surface area contributed by atoms with Crippen LogP contribution < -0.4 is 14.8 Å². The van der Waals surface area contributed by atoms with E-state index in [1.807, 2.05) is 0 Å². The molecule has 0 bridgehead atoms. The van der Waals surface area contributed by atoms with Gasteiger partial charge in [0.25, 0.3) is 5.91 Å². The highest BCUT2D eigenvalue weighted by atomic mass is 16.5. The number of rotatable bonds is 6. The van der Waals surface area contributed by atoms with Crippen molar-refractivity contribution in [3.63, 3.8) is 0 Å². The second-order valence-corrected chi connectivity index (χ2v) is 4.02. The van der Waals surface area contributed by atoms with Gasteiger partial charge in [-0.25, -0.2) is 0 Å². The molecule has 1 aromatic rings. The van der Waals surface area contributed by atoms with Crippen molar-refractivity contribution >= 4 is 11.9 Å². The molecule has 0 aliphatic carbocycles. The normalized spacial score (nSPS) is 11.5. The van der Waals surface area contributed by atoms with Gasteiger partial charge < -0.3 is 19.9 Å². The monoisotopic (exact) mass is 267 g/mol. The molecule has 0 radical (unpaired) electrons. The Balaban J connectivity index is 2.83. The number of carbonyl (C=O) groups is 2. The Kier molecular flexibility index (Phi) is 5.17. The molecule has 0 fully saturated rings. The summed E-state index contributed by atoms with van der Waals surface area (Å²) in [4.78, 5) is 22.7. The molecule has 1 amide bonds. The minimum atomic E-state index is -0.960. The molecular weight excluding hydrogens is 250 g/mol. The first-order chi connectivity index (χ1) is 8.99. The summed E-state index contributed by atoms with van der Waals surface area (Å²) in [5.74, 6) is -1.08. The summed E-state index contributed by atoms with van der Waals surface area (Å²) in [5, 5.41) is 11.3. The van der Waals surface area contributed by atoms with Gasteiger partial charge >= 0.3 is 5.97 Å². The van der Waals surface area contributed by atoms with Crippen LogP contribution in [-0.4, -0.2) is 37.7 Å². The Labute approximate surface area is 111 Å². The zero-order chi connectivity index (χ0) is 14.4. The van der Waals surface area contributed by atoms with Crippen molar-refractivity contribution < 1.29 is 24.2 Å². The number of benzene rings is 1. The van der Waals surface area contributed by atoms with Crippen LogP contribution in [0, 0.1) is 5.92 Å². The Bertz CT molecular complexity index is 472. The minimum Gasteiger partial charge on any atom is -0.497 e. The van der Waals surface area contributed by atoms with Gasteiger partial charge in [0.15, 0.2) is 0 Å². The standard InChI is InChI=1S/C13H17NO5/c1-8(13(16)17)7-14-12(15)10-6-9(18-2)4-5-11(10)19-3/h4-6,8H,7H2,1-3H3,(H,14,15)(H,16,17). The van der Waals surface area contributed by atoms with Gasteiger partial charge in [0.2, 0.25) is 0 Å². The zero-order valence-electron chi connectivity index (χ0n) is 11.1. The second kappa shape index (κ2) is 6.63. The van der Waals surface area contributed by atoms with E-state index in [4.69, 9.17) is 14.6 Å². The van der Waals surface area contributed by atoms with E-state index in [0.29, 0.717) is 17.1 Å². The highest BCUT2D eigenvalue weighted by Gasteiger charge is 2.16. The van der Waals surface area contributed by atoms with Crippen molar-refractivity contribution in [3.8, 4) is 11.5 Å². The van der Waals surface area contributed by atoms with Crippen molar-refractivity contribution in [2.45, 2.75) is 6.92 Å². The average Bonchev–Trinajstić information content (AvgIpc) is 2.43. The first-order valence-electron chi connectivity index (χ1n) is 5.72. The number of carbonyl (C=O) groups excluding carboxylic acids is 1. The molecule has 19 heavy (non-hydrogen) atoms. The first-order valence-corrected chi connectivity index (χ1v) is 5.72. The summed E-state index contributed by atoms with van der Waals surface area (Å²) in [6, 6.07) is 4.84. The van der Waals surface area contributed by atoms with Gasteiger partial charge in [0.1, 0.15) is 11.5 Å². The fourth-order valence-electron chi connectivity index (χ4n) is 1.42. The lowest BCUT2D eigenvalue weighted by Gasteiger charge is -2.12. The zero-order valence-corrected chi connectivity index (χ0v) is 11.1. The van der Waals surface area contributed by atoms with Crippen molar-refractivity contribution in [3.05, 3.63) is 23.8 Å². The van der Waals surface area contributed by atoms with E-state index in [9.17, 15) is 9.59 Å². The van der Waals surface area contributed by atoms with E-state index < -0.39 is 17.8 Å². The molecule has 1 aromatic carbocycles. The fourth-order valence-corrected chi connectivity index (χ4v) is 1.42. The largest absolute Gasteiger partial charge is 0.497 e. The molecule has 2 N–H and O–H groups in total. The molecule has 1 unspecified atom stereocenters. The molecule has 6 heteroatoms. The number of nitrogens with one attached hydrogen (secondary N) is 1. The summed E-state index contributed by atoms with van der Waals surface area (Å²) < 4.78 is 10.1. The van der Waals surface area contributed by atoms with Crippen molar-refractivity contribution in [1.29, 1.82) is 0 Å². The lowest BCUT2D eigenvalue weighted by Crippen LogP contribution is -2.31. The van der Waals surface area contributed by atoms with Crippen LogP contribution in [0.3, 0.4) is 0 Å². The molecule has 0 aromatic heterocycles. The molecule has 0 saturated carbocycles. The van der Waals surface area contributed by atoms with Crippen LogP contribution in [-0.2, 0) is 4.79 Å². The minimum absolute atomic E-state index is 0.0501. The summed E-state index contributed by atoms with van der Waals surface area (Å²) in [6.07, 6.45) is 0. The quantitative estimate of drug-likeness (QED) is 0.807.